The third-order valence-corrected chi connectivity index (χ3v) is 4.14. The summed E-state index contributed by atoms with van der Waals surface area (Å²) < 4.78 is 13.8. The van der Waals surface area contributed by atoms with Gasteiger partial charge in [-0.3, -0.25) is 4.90 Å². The van der Waals surface area contributed by atoms with E-state index >= 15 is 0 Å². The maximum Gasteiger partial charge on any atom is 0.220 e. The van der Waals surface area contributed by atoms with E-state index < -0.39 is 5.66 Å². The standard InChI is InChI=1S/C15H20FN5/c1-10-7-11(16)9-12(8-10)21-14(18)19-13(17)20-15(21)5-3-2-4-6-15/h7-9H,2-6H2,1H3,(H4,17,18,19,20). The van der Waals surface area contributed by atoms with Crippen LogP contribution < -0.4 is 16.4 Å². The van der Waals surface area contributed by atoms with Gasteiger partial charge in [0.15, 0.2) is 0 Å². The van der Waals surface area contributed by atoms with Gasteiger partial charge in [-0.2, -0.15) is 4.99 Å². The number of nitrogens with zero attached hydrogens (tertiary/aromatic N) is 3. The Kier molecular flexibility index (Phi) is 3.31. The van der Waals surface area contributed by atoms with E-state index in [1.807, 2.05) is 17.9 Å². The zero-order valence-corrected chi connectivity index (χ0v) is 12.1. The van der Waals surface area contributed by atoms with Gasteiger partial charge in [0, 0.05) is 5.69 Å². The molecule has 0 radical (unpaired) electrons. The first kappa shape index (κ1) is 13.9. The predicted molar refractivity (Wildman–Crippen MR) is 82.7 cm³/mol. The summed E-state index contributed by atoms with van der Waals surface area (Å²) in [7, 11) is 0. The molecule has 0 unspecified atom stereocenters. The Morgan fingerprint density at radius 1 is 1.14 bits per heavy atom. The Balaban J connectivity index is 2.10. The lowest BCUT2D eigenvalue weighted by Gasteiger charge is -2.45. The monoisotopic (exact) mass is 289 g/mol. The van der Waals surface area contributed by atoms with Crippen LogP contribution in [0.4, 0.5) is 10.1 Å². The highest BCUT2D eigenvalue weighted by Gasteiger charge is 2.42. The van der Waals surface area contributed by atoms with Crippen LogP contribution in [0.5, 0.6) is 0 Å². The number of hydrogen-bond donors (Lipinski definition) is 2. The first-order valence-corrected chi connectivity index (χ1v) is 7.27. The van der Waals surface area contributed by atoms with Crippen molar-refractivity contribution < 1.29 is 4.39 Å². The molecule has 1 spiro atoms. The van der Waals surface area contributed by atoms with Gasteiger partial charge >= 0.3 is 0 Å². The third-order valence-electron chi connectivity index (χ3n) is 4.14. The second-order valence-electron chi connectivity index (χ2n) is 5.81. The van der Waals surface area contributed by atoms with Gasteiger partial charge in [0.2, 0.25) is 11.9 Å². The van der Waals surface area contributed by atoms with Crippen LogP contribution in [0, 0.1) is 12.7 Å². The van der Waals surface area contributed by atoms with Gasteiger partial charge in [0.1, 0.15) is 11.5 Å². The van der Waals surface area contributed by atoms with E-state index in [1.165, 1.54) is 18.6 Å². The first-order chi connectivity index (χ1) is 10.00. The van der Waals surface area contributed by atoms with Crippen LogP contribution in [-0.4, -0.2) is 17.6 Å². The average Bonchev–Trinajstić information content (AvgIpc) is 2.37. The Morgan fingerprint density at radius 2 is 1.86 bits per heavy atom. The van der Waals surface area contributed by atoms with Gasteiger partial charge in [-0.1, -0.05) is 6.42 Å². The molecule has 3 rings (SSSR count). The minimum Gasteiger partial charge on any atom is -0.369 e. The van der Waals surface area contributed by atoms with E-state index in [0.29, 0.717) is 5.69 Å². The van der Waals surface area contributed by atoms with Crippen LogP contribution in [0.1, 0.15) is 37.7 Å². The zero-order valence-electron chi connectivity index (χ0n) is 12.1. The molecular weight excluding hydrogens is 269 g/mol. The molecule has 4 N–H and O–H groups in total. The molecule has 0 atom stereocenters. The molecule has 1 saturated carbocycles. The molecular formula is C15H20FN5. The lowest BCUT2D eigenvalue weighted by molar-refractivity contribution is 0.305. The van der Waals surface area contributed by atoms with E-state index in [1.54, 1.807) is 0 Å². The van der Waals surface area contributed by atoms with Crippen LogP contribution in [0.15, 0.2) is 28.2 Å². The van der Waals surface area contributed by atoms with Crippen molar-refractivity contribution >= 4 is 17.6 Å². The van der Waals surface area contributed by atoms with E-state index in [0.717, 1.165) is 31.2 Å². The molecule has 6 heteroatoms. The van der Waals surface area contributed by atoms with E-state index in [2.05, 4.69) is 9.98 Å². The molecule has 5 nitrogen and oxygen atoms in total. The number of anilines is 1. The lowest BCUT2D eigenvalue weighted by atomic mass is 9.87. The van der Waals surface area contributed by atoms with E-state index in [4.69, 9.17) is 11.5 Å². The number of guanidine groups is 2. The highest BCUT2D eigenvalue weighted by Crippen LogP contribution is 2.39. The SMILES string of the molecule is Cc1cc(F)cc(N2C(N)=NC(N)=NC23CCCCC3)c1. The fraction of sp³-hybridized carbons (Fsp3) is 0.467. The first-order valence-electron chi connectivity index (χ1n) is 7.27. The van der Waals surface area contributed by atoms with Crippen LogP contribution in [0.2, 0.25) is 0 Å². The maximum atomic E-state index is 13.8. The molecule has 1 fully saturated rings. The maximum absolute atomic E-state index is 13.8. The summed E-state index contributed by atoms with van der Waals surface area (Å²) in [5.41, 5.74) is 12.9. The molecule has 21 heavy (non-hydrogen) atoms. The molecule has 112 valence electrons. The van der Waals surface area contributed by atoms with Crippen molar-refractivity contribution in [2.75, 3.05) is 4.90 Å². The van der Waals surface area contributed by atoms with Crippen molar-refractivity contribution in [1.82, 2.24) is 0 Å². The molecule has 1 aliphatic carbocycles. The second kappa shape index (κ2) is 5.02. The van der Waals surface area contributed by atoms with E-state index in [9.17, 15) is 4.39 Å². The molecule has 0 saturated heterocycles. The van der Waals surface area contributed by atoms with Crippen LogP contribution in [-0.2, 0) is 0 Å². The number of nitrogens with two attached hydrogens (primary N) is 2. The van der Waals surface area contributed by atoms with Crippen LogP contribution in [0.3, 0.4) is 0 Å². The summed E-state index contributed by atoms with van der Waals surface area (Å²) in [5, 5.41) is 0. The summed E-state index contributed by atoms with van der Waals surface area (Å²) >= 11 is 0. The van der Waals surface area contributed by atoms with Gasteiger partial charge < -0.3 is 11.5 Å². The van der Waals surface area contributed by atoms with Gasteiger partial charge in [-0.25, -0.2) is 9.38 Å². The van der Waals surface area contributed by atoms with E-state index in [-0.39, 0.29) is 17.7 Å². The number of aliphatic imine (C=N–C) groups is 2. The van der Waals surface area contributed by atoms with Crippen molar-refractivity contribution in [3.63, 3.8) is 0 Å². The number of rotatable bonds is 1. The average molecular weight is 289 g/mol. The molecule has 0 amide bonds. The van der Waals surface area contributed by atoms with Gasteiger partial charge in [-0.05, 0) is 56.4 Å². The van der Waals surface area contributed by atoms with Crippen molar-refractivity contribution in [2.45, 2.75) is 44.7 Å². The quantitative estimate of drug-likeness (QED) is 0.832. The number of halogens is 1. The van der Waals surface area contributed by atoms with Crippen molar-refractivity contribution in [1.29, 1.82) is 0 Å². The fourth-order valence-electron chi connectivity index (χ4n) is 3.34. The summed E-state index contributed by atoms with van der Waals surface area (Å²) in [4.78, 5) is 10.5. The van der Waals surface area contributed by atoms with Gasteiger partial charge in [0.05, 0.1) is 0 Å². The summed E-state index contributed by atoms with van der Waals surface area (Å²) in [6, 6.07) is 4.87. The highest BCUT2D eigenvalue weighted by atomic mass is 19.1. The van der Waals surface area contributed by atoms with Crippen LogP contribution in [0.25, 0.3) is 0 Å². The molecule has 2 aliphatic rings. The fourth-order valence-corrected chi connectivity index (χ4v) is 3.34. The van der Waals surface area contributed by atoms with Crippen molar-refractivity contribution in [3.05, 3.63) is 29.6 Å². The lowest BCUT2D eigenvalue weighted by Crippen LogP contribution is -2.58. The molecule has 1 aromatic rings. The van der Waals surface area contributed by atoms with Crippen LogP contribution >= 0.6 is 0 Å². The van der Waals surface area contributed by atoms with Gasteiger partial charge in [-0.15, -0.1) is 0 Å². The number of hydrogen-bond acceptors (Lipinski definition) is 5. The summed E-state index contributed by atoms with van der Waals surface area (Å²) in [6.07, 6.45) is 4.97. The Labute approximate surface area is 123 Å². The zero-order chi connectivity index (χ0) is 15.0. The molecule has 0 bridgehead atoms. The number of aryl methyl sites for hydroxylation is 1. The summed E-state index contributed by atoms with van der Waals surface area (Å²) in [5.74, 6) is 0.208. The third kappa shape index (κ3) is 2.46. The Hall–Kier alpha value is -2.11. The van der Waals surface area contributed by atoms with Crippen molar-refractivity contribution in [3.8, 4) is 0 Å². The molecule has 1 aliphatic heterocycles. The molecule has 1 aromatic carbocycles. The highest BCUT2D eigenvalue weighted by molar-refractivity contribution is 6.05. The predicted octanol–water partition coefficient (Wildman–Crippen LogP) is 2.24. The largest absolute Gasteiger partial charge is 0.369 e. The topological polar surface area (TPSA) is 80.0 Å². The van der Waals surface area contributed by atoms with Gasteiger partial charge in [0.25, 0.3) is 0 Å². The Morgan fingerprint density at radius 3 is 2.52 bits per heavy atom. The summed E-state index contributed by atoms with van der Waals surface area (Å²) in [6.45, 7) is 1.86. The van der Waals surface area contributed by atoms with Crippen molar-refractivity contribution in [2.24, 2.45) is 21.5 Å². The number of benzene rings is 1. The Bertz CT molecular complexity index is 596. The molecule has 1 heterocycles. The smallest absolute Gasteiger partial charge is 0.220 e. The normalized spacial score (nSPS) is 21.1. The minimum atomic E-state index is -0.519. The molecule has 0 aromatic heterocycles. The second-order valence-corrected chi connectivity index (χ2v) is 5.81. The minimum absolute atomic E-state index is 0.207.